The summed E-state index contributed by atoms with van der Waals surface area (Å²) in [6.07, 6.45) is 5.82. The van der Waals surface area contributed by atoms with E-state index < -0.39 is 20.2 Å². The van der Waals surface area contributed by atoms with Crippen molar-refractivity contribution < 1.29 is 25.9 Å². The lowest BCUT2D eigenvalue weighted by Crippen LogP contribution is -2.21. The third-order valence-corrected chi connectivity index (χ3v) is 10.5. The minimum atomic E-state index is -4.08. The van der Waals surface area contributed by atoms with E-state index in [0.29, 0.717) is 29.4 Å². The molecule has 0 spiro atoms. The van der Waals surface area contributed by atoms with E-state index in [1.165, 1.54) is 0 Å². The second-order valence-corrected chi connectivity index (χ2v) is 15.2. The fraction of sp³-hybridized carbons (Fsp3) is 0.308. The van der Waals surface area contributed by atoms with Gasteiger partial charge in [0.25, 0.3) is 20.2 Å². The molecule has 0 amide bonds. The van der Waals surface area contributed by atoms with Crippen LogP contribution in [0.15, 0.2) is 58.0 Å². The van der Waals surface area contributed by atoms with Gasteiger partial charge in [0.15, 0.2) is 0 Å². The van der Waals surface area contributed by atoms with Gasteiger partial charge in [-0.2, -0.15) is 16.8 Å². The van der Waals surface area contributed by atoms with Crippen LogP contribution in [0.2, 0.25) is 10.0 Å². The highest BCUT2D eigenvalue weighted by atomic mass is 35.5. The van der Waals surface area contributed by atoms with Gasteiger partial charge in [-0.25, -0.2) is 0 Å². The molecule has 0 atom stereocenters. The summed E-state index contributed by atoms with van der Waals surface area (Å²) < 4.78 is 64.7. The molecule has 13 heteroatoms. The quantitative estimate of drug-likeness (QED) is 0.205. The smallest absolute Gasteiger partial charge is 0.264 e. The van der Waals surface area contributed by atoms with Crippen LogP contribution in [-0.2, 0) is 26.7 Å². The zero-order valence-corrected chi connectivity index (χ0v) is 25.7. The predicted octanol–water partition coefficient (Wildman–Crippen LogP) is 7.55. The van der Waals surface area contributed by atoms with Crippen LogP contribution in [0.3, 0.4) is 0 Å². The Labute approximate surface area is 247 Å². The van der Waals surface area contributed by atoms with Crippen molar-refractivity contribution in [3.63, 3.8) is 0 Å². The summed E-state index contributed by atoms with van der Waals surface area (Å²) in [6.45, 7) is 2.42. The van der Waals surface area contributed by atoms with E-state index in [0.717, 1.165) is 41.7 Å². The van der Waals surface area contributed by atoms with Crippen molar-refractivity contribution in [3.8, 4) is 0 Å². The maximum absolute atomic E-state index is 11.3. The predicted molar refractivity (Wildman–Crippen MR) is 164 cm³/mol. The number of rotatable bonds is 11. The molecule has 2 heterocycles. The van der Waals surface area contributed by atoms with Crippen LogP contribution in [-0.4, -0.2) is 44.0 Å². The molecule has 0 bridgehead atoms. The largest absolute Gasteiger partial charge is 0.335 e. The van der Waals surface area contributed by atoms with Gasteiger partial charge in [0, 0.05) is 31.1 Å². The summed E-state index contributed by atoms with van der Waals surface area (Å²) in [5, 5.41) is 3.03. The first-order chi connectivity index (χ1) is 18.3. The summed E-state index contributed by atoms with van der Waals surface area (Å²) in [6, 6.07) is 11.2. The van der Waals surface area contributed by atoms with Gasteiger partial charge in [0.05, 0.1) is 22.2 Å². The lowest BCUT2D eigenvalue weighted by Gasteiger charge is -2.21. The lowest BCUT2D eigenvalue weighted by molar-refractivity contribution is 0.479. The van der Waals surface area contributed by atoms with Crippen LogP contribution in [0.5, 0.6) is 0 Å². The molecule has 0 unspecified atom stereocenters. The zero-order valence-electron chi connectivity index (χ0n) is 20.9. The number of anilines is 1. The van der Waals surface area contributed by atoms with E-state index >= 15 is 0 Å². The number of benzene rings is 2. The van der Waals surface area contributed by atoms with Crippen molar-refractivity contribution in [2.24, 2.45) is 0 Å². The maximum Gasteiger partial charge on any atom is 0.264 e. The van der Waals surface area contributed by atoms with Gasteiger partial charge in [-0.1, -0.05) is 41.9 Å². The Morgan fingerprint density at radius 3 is 2.33 bits per heavy atom. The number of nitrogens with zero attached hydrogens (tertiary/aromatic N) is 1. The van der Waals surface area contributed by atoms with Gasteiger partial charge in [0.2, 0.25) is 0 Å². The van der Waals surface area contributed by atoms with Gasteiger partial charge >= 0.3 is 0 Å². The monoisotopic (exact) mass is 647 g/mol. The van der Waals surface area contributed by atoms with E-state index in [2.05, 4.69) is 12.2 Å². The molecule has 210 valence electrons. The first-order valence-corrected chi connectivity index (χ1v) is 17.7. The highest BCUT2D eigenvalue weighted by Gasteiger charge is 2.26. The van der Waals surface area contributed by atoms with Gasteiger partial charge in [0.1, 0.15) is 0 Å². The van der Waals surface area contributed by atoms with Crippen molar-refractivity contribution in [2.75, 3.05) is 23.0 Å². The van der Waals surface area contributed by atoms with Crippen LogP contribution in [0.1, 0.15) is 36.6 Å². The molecule has 3 aromatic rings. The number of allylic oxidation sites excluding steroid dienone is 2. The molecule has 0 fully saturated rings. The van der Waals surface area contributed by atoms with E-state index in [1.54, 1.807) is 23.1 Å². The molecule has 7 nitrogen and oxygen atoms in total. The summed E-state index contributed by atoms with van der Waals surface area (Å²) >= 11 is 15.7. The van der Waals surface area contributed by atoms with E-state index in [4.69, 9.17) is 23.2 Å². The van der Waals surface area contributed by atoms with Crippen LogP contribution < -0.4 is 4.90 Å². The Kier molecular flexibility index (Phi) is 9.76. The van der Waals surface area contributed by atoms with Gasteiger partial charge in [-0.3, -0.25) is 9.11 Å². The normalized spacial score (nSPS) is 15.5. The summed E-state index contributed by atoms with van der Waals surface area (Å²) in [5.41, 5.74) is 2.88. The fourth-order valence-electron chi connectivity index (χ4n) is 4.34. The van der Waals surface area contributed by atoms with Crippen molar-refractivity contribution in [1.82, 2.24) is 0 Å². The third-order valence-electron chi connectivity index (χ3n) is 6.12. The van der Waals surface area contributed by atoms with Gasteiger partial charge < -0.3 is 4.90 Å². The molecular weight excluding hydrogens is 621 g/mol. The Morgan fingerprint density at radius 2 is 1.64 bits per heavy atom. The average Bonchev–Trinajstić information content (AvgIpc) is 3.34. The summed E-state index contributed by atoms with van der Waals surface area (Å²) in [4.78, 5) is 3.99. The number of fused-ring (bicyclic) bond motifs is 2. The molecule has 2 N–H and O–H groups in total. The molecule has 4 rings (SSSR count). The Balaban J connectivity index is 1.71. The van der Waals surface area contributed by atoms with E-state index in [1.807, 2.05) is 48.2 Å². The number of thioether (sulfide) groups is 1. The Hall–Kier alpha value is -1.57. The number of halogens is 2. The van der Waals surface area contributed by atoms with Gasteiger partial charge in [-0.15, -0.1) is 11.3 Å². The molecule has 0 saturated heterocycles. The van der Waals surface area contributed by atoms with Crippen LogP contribution in [0.4, 0.5) is 5.69 Å². The van der Waals surface area contributed by atoms with E-state index in [-0.39, 0.29) is 24.3 Å². The SMILES string of the molecule is CCC(=Cc1sc2ccc(Cl)cc2c1CCCS(=O)(=O)O)C=C1Sc2ccc(Cl)cc2N1CCCS(=O)(=O)O. The van der Waals surface area contributed by atoms with Crippen molar-refractivity contribution in [2.45, 2.75) is 37.5 Å². The molecule has 2 aromatic carbocycles. The summed E-state index contributed by atoms with van der Waals surface area (Å²) in [7, 11) is -8.14. The molecule has 1 aromatic heterocycles. The Morgan fingerprint density at radius 1 is 0.974 bits per heavy atom. The van der Waals surface area contributed by atoms with Crippen molar-refractivity contribution in [1.29, 1.82) is 0 Å². The molecule has 1 aliphatic rings. The molecule has 0 saturated carbocycles. The summed E-state index contributed by atoms with van der Waals surface area (Å²) in [5.74, 6) is -0.667. The number of thiophene rings is 1. The fourth-order valence-corrected chi connectivity index (χ4v) is 8.03. The molecule has 39 heavy (non-hydrogen) atoms. The third kappa shape index (κ3) is 8.23. The van der Waals surface area contributed by atoms with Crippen LogP contribution in [0.25, 0.3) is 16.2 Å². The molecule has 0 aliphatic carbocycles. The number of hydrogen-bond donors (Lipinski definition) is 2. The number of hydrogen-bond acceptors (Lipinski definition) is 7. The maximum atomic E-state index is 11.3. The van der Waals surface area contributed by atoms with Crippen molar-refractivity contribution >= 4 is 88.4 Å². The van der Waals surface area contributed by atoms with Crippen LogP contribution in [0, 0.1) is 0 Å². The molecule has 1 aliphatic heterocycles. The number of aryl methyl sites for hydroxylation is 1. The second-order valence-electron chi connectivity index (χ2n) is 9.04. The molecular formula is C26H27Cl2NO6S4. The van der Waals surface area contributed by atoms with Crippen molar-refractivity contribution in [3.05, 3.63) is 73.6 Å². The first-order valence-electron chi connectivity index (χ1n) is 12.1. The average molecular weight is 649 g/mol. The standard InChI is InChI=1S/C26H27Cl2NO6S4/c1-2-17(13-25-20(5-3-11-38(30,31)32)21-15-18(27)6-8-23(21)36-25)14-26-29(10-4-12-39(33,34)35)22-16-19(28)7-9-24(22)37-26/h6-9,13-16H,2-5,10-12H2,1H3,(H,30,31,32)(H,33,34,35). The zero-order chi connectivity index (χ0) is 28.4. The second kappa shape index (κ2) is 12.5. The Bertz CT molecular complexity index is 1660. The first kappa shape index (κ1) is 30.4. The minimum Gasteiger partial charge on any atom is -0.335 e. The van der Waals surface area contributed by atoms with E-state index in [9.17, 15) is 25.9 Å². The van der Waals surface area contributed by atoms with Gasteiger partial charge in [-0.05, 0) is 90.8 Å². The minimum absolute atomic E-state index is 0.239. The molecule has 0 radical (unpaired) electrons. The van der Waals surface area contributed by atoms with Crippen LogP contribution >= 0.6 is 46.3 Å². The highest BCUT2D eigenvalue weighted by molar-refractivity contribution is 8.03. The topological polar surface area (TPSA) is 112 Å². The highest BCUT2D eigenvalue weighted by Crippen LogP contribution is 2.47. The lowest BCUT2D eigenvalue weighted by atomic mass is 10.0.